The number of carbonyl (C=O) groups is 1. The molecule has 1 amide bonds. The third-order valence-corrected chi connectivity index (χ3v) is 5.30. The van der Waals surface area contributed by atoms with Gasteiger partial charge in [-0.3, -0.25) is 4.79 Å². The number of hydrogen-bond acceptors (Lipinski definition) is 2. The van der Waals surface area contributed by atoms with Gasteiger partial charge in [-0.15, -0.1) is 0 Å². The van der Waals surface area contributed by atoms with Gasteiger partial charge in [-0.25, -0.2) is 0 Å². The molecule has 29 heavy (non-hydrogen) atoms. The Hall–Kier alpha value is -3.53. The first-order valence-electron chi connectivity index (χ1n) is 9.70. The van der Waals surface area contributed by atoms with E-state index in [2.05, 4.69) is 34.6 Å². The minimum atomic E-state index is -0.0663. The molecule has 0 aliphatic heterocycles. The number of methoxy groups -OCH3 is 1. The third kappa shape index (κ3) is 4.02. The number of aromatic nitrogens is 1. The van der Waals surface area contributed by atoms with Gasteiger partial charge in [-0.1, -0.05) is 48.0 Å². The Balaban J connectivity index is 1.64. The molecular formula is C25H24N2O2. The van der Waals surface area contributed by atoms with Crippen molar-refractivity contribution in [2.75, 3.05) is 13.7 Å². The monoisotopic (exact) mass is 384 g/mol. The van der Waals surface area contributed by atoms with Gasteiger partial charge < -0.3 is 15.0 Å². The summed E-state index contributed by atoms with van der Waals surface area (Å²) in [5.41, 5.74) is 5.18. The summed E-state index contributed by atoms with van der Waals surface area (Å²) in [6.07, 6.45) is 2.04. The Morgan fingerprint density at radius 3 is 2.45 bits per heavy atom. The van der Waals surface area contributed by atoms with Crippen molar-refractivity contribution in [1.82, 2.24) is 10.3 Å². The molecule has 2 N–H and O–H groups in total. The number of nitrogens with one attached hydrogen (secondary N) is 2. The highest BCUT2D eigenvalue weighted by Gasteiger charge is 2.19. The standard InChI is InChI=1S/C25H24N2O2/c1-17-7-9-19(10-8-17)25(28)27-15-22(18-11-13-20(29-2)14-12-18)23-16-26-24-6-4-3-5-21(23)24/h3-14,16,22,26H,15H2,1-2H3,(H,27,28)/t22-/m1/s1. The molecule has 146 valence electrons. The molecule has 0 radical (unpaired) electrons. The predicted octanol–water partition coefficient (Wildman–Crippen LogP) is 5.05. The number of para-hydroxylation sites is 1. The number of aromatic amines is 1. The molecule has 0 aliphatic rings. The van der Waals surface area contributed by atoms with Crippen LogP contribution in [0.4, 0.5) is 0 Å². The predicted molar refractivity (Wildman–Crippen MR) is 117 cm³/mol. The van der Waals surface area contributed by atoms with Crippen LogP contribution in [0.2, 0.25) is 0 Å². The van der Waals surface area contributed by atoms with E-state index in [1.54, 1.807) is 7.11 Å². The van der Waals surface area contributed by atoms with Crippen LogP contribution in [0.25, 0.3) is 10.9 Å². The van der Waals surface area contributed by atoms with Crippen LogP contribution >= 0.6 is 0 Å². The van der Waals surface area contributed by atoms with E-state index in [9.17, 15) is 4.79 Å². The van der Waals surface area contributed by atoms with Gasteiger partial charge in [0.1, 0.15) is 5.75 Å². The molecule has 0 bridgehead atoms. The molecule has 4 heteroatoms. The number of H-pyrrole nitrogens is 1. The summed E-state index contributed by atoms with van der Waals surface area (Å²) >= 11 is 0. The lowest BCUT2D eigenvalue weighted by atomic mass is 9.90. The zero-order valence-corrected chi connectivity index (χ0v) is 16.6. The van der Waals surface area contributed by atoms with E-state index in [4.69, 9.17) is 4.74 Å². The van der Waals surface area contributed by atoms with E-state index in [0.29, 0.717) is 12.1 Å². The molecular weight excluding hydrogens is 360 g/mol. The normalized spacial score (nSPS) is 11.9. The number of ether oxygens (including phenoxy) is 1. The van der Waals surface area contributed by atoms with Crippen LogP contribution in [0.5, 0.6) is 5.75 Å². The van der Waals surface area contributed by atoms with Gasteiger partial charge in [0.25, 0.3) is 5.91 Å². The Labute approximate surface area is 170 Å². The molecule has 4 rings (SSSR count). The van der Waals surface area contributed by atoms with Crippen LogP contribution in [0.15, 0.2) is 79.0 Å². The van der Waals surface area contributed by atoms with Gasteiger partial charge in [-0.2, -0.15) is 0 Å². The van der Waals surface area contributed by atoms with Crippen molar-refractivity contribution in [2.45, 2.75) is 12.8 Å². The zero-order chi connectivity index (χ0) is 20.2. The second-order valence-electron chi connectivity index (χ2n) is 7.19. The second kappa shape index (κ2) is 8.23. The first-order valence-corrected chi connectivity index (χ1v) is 9.70. The van der Waals surface area contributed by atoms with Crippen LogP contribution in [0.3, 0.4) is 0 Å². The quantitative estimate of drug-likeness (QED) is 0.489. The number of rotatable bonds is 6. The molecule has 4 nitrogen and oxygen atoms in total. The summed E-state index contributed by atoms with van der Waals surface area (Å²) in [7, 11) is 1.66. The lowest BCUT2D eigenvalue weighted by Crippen LogP contribution is -2.28. The second-order valence-corrected chi connectivity index (χ2v) is 7.19. The van der Waals surface area contributed by atoms with Crippen LogP contribution in [0, 0.1) is 6.92 Å². The fourth-order valence-electron chi connectivity index (χ4n) is 3.63. The summed E-state index contributed by atoms with van der Waals surface area (Å²) in [4.78, 5) is 16.0. The molecule has 0 spiro atoms. The highest BCUT2D eigenvalue weighted by Crippen LogP contribution is 2.31. The average molecular weight is 384 g/mol. The summed E-state index contributed by atoms with van der Waals surface area (Å²) < 4.78 is 5.30. The van der Waals surface area contributed by atoms with Gasteiger partial charge in [0, 0.05) is 35.1 Å². The van der Waals surface area contributed by atoms with Crippen LogP contribution in [-0.4, -0.2) is 24.5 Å². The van der Waals surface area contributed by atoms with E-state index in [1.807, 2.05) is 61.7 Å². The fourth-order valence-corrected chi connectivity index (χ4v) is 3.63. The van der Waals surface area contributed by atoms with Crippen molar-refractivity contribution in [3.05, 3.63) is 101 Å². The van der Waals surface area contributed by atoms with Gasteiger partial charge >= 0.3 is 0 Å². The first kappa shape index (κ1) is 18.8. The van der Waals surface area contributed by atoms with Crippen LogP contribution in [0.1, 0.15) is 33.0 Å². The smallest absolute Gasteiger partial charge is 0.251 e. The molecule has 0 fully saturated rings. The van der Waals surface area contributed by atoms with E-state index >= 15 is 0 Å². The SMILES string of the molecule is COc1ccc([C@@H](CNC(=O)c2ccc(C)cc2)c2c[nH]c3ccccc23)cc1. The van der Waals surface area contributed by atoms with Crippen molar-refractivity contribution in [3.63, 3.8) is 0 Å². The van der Waals surface area contributed by atoms with Crippen molar-refractivity contribution < 1.29 is 9.53 Å². The van der Waals surface area contributed by atoms with Gasteiger partial charge in [0.05, 0.1) is 7.11 Å². The Morgan fingerprint density at radius 1 is 1.00 bits per heavy atom. The van der Waals surface area contributed by atoms with Crippen molar-refractivity contribution >= 4 is 16.8 Å². The van der Waals surface area contributed by atoms with Crippen molar-refractivity contribution in [2.24, 2.45) is 0 Å². The summed E-state index contributed by atoms with van der Waals surface area (Å²) in [6, 6.07) is 23.9. The van der Waals surface area contributed by atoms with E-state index < -0.39 is 0 Å². The summed E-state index contributed by atoms with van der Waals surface area (Å²) in [5, 5.41) is 4.28. The Kier molecular flexibility index (Phi) is 5.34. The zero-order valence-electron chi connectivity index (χ0n) is 16.6. The number of fused-ring (bicyclic) bond motifs is 1. The Bertz CT molecular complexity index is 1110. The van der Waals surface area contributed by atoms with E-state index in [0.717, 1.165) is 33.3 Å². The molecule has 1 heterocycles. The number of benzene rings is 3. The molecule has 0 aliphatic carbocycles. The molecule has 4 aromatic rings. The minimum absolute atomic E-state index is 0.0199. The number of aryl methyl sites for hydroxylation is 1. The molecule has 1 atom stereocenters. The van der Waals surface area contributed by atoms with Crippen LogP contribution < -0.4 is 10.1 Å². The van der Waals surface area contributed by atoms with E-state index in [1.165, 1.54) is 0 Å². The fraction of sp³-hybridized carbons (Fsp3) is 0.160. The molecule has 0 saturated heterocycles. The highest BCUT2D eigenvalue weighted by atomic mass is 16.5. The molecule has 0 unspecified atom stereocenters. The van der Waals surface area contributed by atoms with E-state index in [-0.39, 0.29) is 11.8 Å². The van der Waals surface area contributed by atoms with Gasteiger partial charge in [-0.05, 0) is 48.4 Å². The Morgan fingerprint density at radius 2 is 1.72 bits per heavy atom. The summed E-state index contributed by atoms with van der Waals surface area (Å²) in [6.45, 7) is 2.51. The number of hydrogen-bond donors (Lipinski definition) is 2. The lowest BCUT2D eigenvalue weighted by Gasteiger charge is -2.19. The lowest BCUT2D eigenvalue weighted by molar-refractivity contribution is 0.0952. The number of carbonyl (C=O) groups excluding carboxylic acids is 1. The van der Waals surface area contributed by atoms with Gasteiger partial charge in [0.2, 0.25) is 0 Å². The molecule has 3 aromatic carbocycles. The number of amides is 1. The maximum Gasteiger partial charge on any atom is 0.251 e. The maximum atomic E-state index is 12.7. The molecule has 0 saturated carbocycles. The first-order chi connectivity index (χ1) is 14.2. The topological polar surface area (TPSA) is 54.1 Å². The van der Waals surface area contributed by atoms with Crippen molar-refractivity contribution in [1.29, 1.82) is 0 Å². The van der Waals surface area contributed by atoms with Crippen LogP contribution in [-0.2, 0) is 0 Å². The molecule has 1 aromatic heterocycles. The van der Waals surface area contributed by atoms with Gasteiger partial charge in [0.15, 0.2) is 0 Å². The summed E-state index contributed by atoms with van der Waals surface area (Å²) in [5.74, 6) is 0.768. The highest BCUT2D eigenvalue weighted by molar-refractivity contribution is 5.94. The maximum absolute atomic E-state index is 12.7. The minimum Gasteiger partial charge on any atom is -0.497 e. The van der Waals surface area contributed by atoms with Crippen molar-refractivity contribution in [3.8, 4) is 5.75 Å². The average Bonchev–Trinajstić information content (AvgIpc) is 3.19. The third-order valence-electron chi connectivity index (χ3n) is 5.30. The largest absolute Gasteiger partial charge is 0.497 e.